The quantitative estimate of drug-likeness (QED) is 0.0375. The monoisotopic (exact) mass is 666 g/mol. The lowest BCUT2D eigenvalue weighted by molar-refractivity contribution is -0.143. The number of hydrogen-bond acceptors (Lipinski definition) is 7. The molecule has 0 aromatic heterocycles. The molecule has 7 nitrogen and oxygen atoms in total. The number of ether oxygens (including phenoxy) is 4. The molecule has 1 atom stereocenters. The average molecular weight is 666 g/mol. The summed E-state index contributed by atoms with van der Waals surface area (Å²) in [4.78, 5) is 25.9. The van der Waals surface area contributed by atoms with E-state index in [9.17, 15) is 9.59 Å². The van der Waals surface area contributed by atoms with Gasteiger partial charge in [0.2, 0.25) is 0 Å². The fraction of sp³-hybridized carbons (Fsp3) is 0.850. The lowest BCUT2D eigenvalue weighted by Crippen LogP contribution is -2.30. The van der Waals surface area contributed by atoms with E-state index in [0.717, 1.165) is 97.0 Å². The molecule has 0 aliphatic rings. The van der Waals surface area contributed by atoms with E-state index in [0.29, 0.717) is 26.1 Å². The second-order valence-corrected chi connectivity index (χ2v) is 13.2. The molecule has 276 valence electrons. The molecule has 0 amide bonds. The Morgan fingerprint density at radius 2 is 1.02 bits per heavy atom. The fourth-order valence-electron chi connectivity index (χ4n) is 5.28. The van der Waals surface area contributed by atoms with E-state index in [4.69, 9.17) is 18.9 Å². The van der Waals surface area contributed by atoms with Crippen LogP contribution in [0.2, 0.25) is 0 Å². The van der Waals surface area contributed by atoms with Crippen LogP contribution in [0.3, 0.4) is 0 Å². The van der Waals surface area contributed by atoms with Gasteiger partial charge in [-0.3, -0.25) is 9.59 Å². The zero-order valence-electron chi connectivity index (χ0n) is 31.3. The smallest absolute Gasteiger partial charge is 0.306 e. The van der Waals surface area contributed by atoms with Crippen LogP contribution in [-0.4, -0.2) is 76.6 Å². The van der Waals surface area contributed by atoms with Crippen molar-refractivity contribution in [2.24, 2.45) is 0 Å². The molecule has 1 unspecified atom stereocenters. The predicted molar refractivity (Wildman–Crippen MR) is 197 cm³/mol. The van der Waals surface area contributed by atoms with Gasteiger partial charge in [0.1, 0.15) is 13.2 Å². The van der Waals surface area contributed by atoms with Crippen LogP contribution in [0.1, 0.15) is 162 Å². The van der Waals surface area contributed by atoms with Crippen LogP contribution in [0, 0.1) is 0 Å². The van der Waals surface area contributed by atoms with Crippen molar-refractivity contribution in [1.29, 1.82) is 0 Å². The molecule has 0 rings (SSSR count). The Kier molecular flexibility index (Phi) is 35.8. The number of unbranched alkanes of at least 4 members (excludes halogenated alkanes) is 16. The van der Waals surface area contributed by atoms with Crippen LogP contribution >= 0.6 is 0 Å². The molecule has 0 aliphatic carbocycles. The third-order valence-corrected chi connectivity index (χ3v) is 8.16. The van der Waals surface area contributed by atoms with Gasteiger partial charge in [-0.1, -0.05) is 115 Å². The van der Waals surface area contributed by atoms with Crippen molar-refractivity contribution < 1.29 is 28.5 Å². The fourth-order valence-corrected chi connectivity index (χ4v) is 5.28. The van der Waals surface area contributed by atoms with Crippen molar-refractivity contribution in [3.63, 3.8) is 0 Å². The maximum atomic E-state index is 11.9. The first-order valence-electron chi connectivity index (χ1n) is 19.4. The van der Waals surface area contributed by atoms with Gasteiger partial charge in [-0.05, 0) is 71.9 Å². The van der Waals surface area contributed by atoms with Crippen LogP contribution in [0.15, 0.2) is 24.3 Å². The maximum absolute atomic E-state index is 11.9. The van der Waals surface area contributed by atoms with E-state index in [1.807, 2.05) is 12.2 Å². The second kappa shape index (κ2) is 37.1. The molecule has 0 radical (unpaired) electrons. The van der Waals surface area contributed by atoms with Crippen LogP contribution < -0.4 is 0 Å². The molecular weight excluding hydrogens is 590 g/mol. The summed E-state index contributed by atoms with van der Waals surface area (Å²) in [6, 6.07) is 0. The number of rotatable bonds is 36. The Morgan fingerprint density at radius 1 is 0.553 bits per heavy atom. The second-order valence-electron chi connectivity index (χ2n) is 13.2. The first kappa shape index (κ1) is 45.3. The molecule has 0 saturated heterocycles. The number of likely N-dealkylation sites (N-methyl/N-ethyl adjacent to an activating group) is 1. The molecule has 0 aromatic carbocycles. The third-order valence-electron chi connectivity index (χ3n) is 8.16. The van der Waals surface area contributed by atoms with Gasteiger partial charge >= 0.3 is 11.9 Å². The Bertz CT molecular complexity index is 738. The van der Waals surface area contributed by atoms with Gasteiger partial charge in [0.05, 0.1) is 6.10 Å². The zero-order valence-corrected chi connectivity index (χ0v) is 31.3. The number of carbonyl (C=O) groups is 2. The van der Waals surface area contributed by atoms with E-state index in [-0.39, 0.29) is 18.0 Å². The Labute approximate surface area is 290 Å². The molecule has 0 aliphatic heterocycles. The molecular formula is C40H75NO6. The maximum Gasteiger partial charge on any atom is 0.306 e. The Hall–Kier alpha value is -1.70. The highest BCUT2D eigenvalue weighted by Gasteiger charge is 2.11. The highest BCUT2D eigenvalue weighted by molar-refractivity contribution is 5.69. The standard InChI is InChI=1S/C40H75NO6/c1-5-7-9-11-14-20-27-34-46-39(42)29-23-17-13-16-19-25-32-44-36-31-38(37-41(3)4)45-33-26-22-18-24-30-40(43)47-35-28-21-15-12-10-8-6-2/h20-21,27-28,38H,5-19,22-26,29-37H2,1-4H3/b27-20-,28-21-. The molecule has 47 heavy (non-hydrogen) atoms. The van der Waals surface area contributed by atoms with Gasteiger partial charge in [-0.2, -0.15) is 0 Å². The minimum absolute atomic E-state index is 0.0770. The summed E-state index contributed by atoms with van der Waals surface area (Å²) in [5.74, 6) is -0.170. The lowest BCUT2D eigenvalue weighted by atomic mass is 10.1. The summed E-state index contributed by atoms with van der Waals surface area (Å²) in [6.45, 7) is 8.42. The first-order valence-corrected chi connectivity index (χ1v) is 19.4. The third kappa shape index (κ3) is 37.0. The van der Waals surface area contributed by atoms with Gasteiger partial charge in [0.25, 0.3) is 0 Å². The predicted octanol–water partition coefficient (Wildman–Crippen LogP) is 10.2. The molecule has 0 saturated carbocycles. The van der Waals surface area contributed by atoms with Crippen molar-refractivity contribution in [2.75, 3.05) is 53.7 Å². The van der Waals surface area contributed by atoms with E-state index < -0.39 is 0 Å². The normalized spacial score (nSPS) is 12.4. The summed E-state index contributed by atoms with van der Waals surface area (Å²) < 4.78 is 22.7. The SMILES string of the molecule is CCCCCC/C=C\COC(=O)CCCCCCCCOCCC(CN(C)C)OCCCCCCC(=O)OC/C=C\CCCCCC. The van der Waals surface area contributed by atoms with Crippen molar-refractivity contribution >= 4 is 11.9 Å². The number of carbonyl (C=O) groups excluding carboxylic acids is 2. The van der Waals surface area contributed by atoms with E-state index in [2.05, 4.69) is 45.0 Å². The van der Waals surface area contributed by atoms with Gasteiger partial charge in [0, 0.05) is 39.2 Å². The number of nitrogens with zero attached hydrogens (tertiary/aromatic N) is 1. The van der Waals surface area contributed by atoms with Crippen LogP contribution in [-0.2, 0) is 28.5 Å². The Morgan fingerprint density at radius 3 is 1.53 bits per heavy atom. The number of allylic oxidation sites excluding steroid dienone is 2. The van der Waals surface area contributed by atoms with E-state index in [1.165, 1.54) is 64.2 Å². The molecule has 0 spiro atoms. The van der Waals surface area contributed by atoms with E-state index in [1.54, 1.807) is 0 Å². The van der Waals surface area contributed by atoms with Gasteiger partial charge in [-0.25, -0.2) is 0 Å². The zero-order chi connectivity index (χ0) is 34.5. The summed E-state index contributed by atoms with van der Waals surface area (Å²) >= 11 is 0. The van der Waals surface area contributed by atoms with Crippen molar-refractivity contribution in [3.8, 4) is 0 Å². The summed E-state index contributed by atoms with van der Waals surface area (Å²) in [5, 5.41) is 0. The largest absolute Gasteiger partial charge is 0.461 e. The van der Waals surface area contributed by atoms with E-state index >= 15 is 0 Å². The minimum Gasteiger partial charge on any atom is -0.461 e. The number of hydrogen-bond donors (Lipinski definition) is 0. The van der Waals surface area contributed by atoms with Crippen LogP contribution in [0.25, 0.3) is 0 Å². The van der Waals surface area contributed by atoms with Crippen LogP contribution in [0.5, 0.6) is 0 Å². The molecule has 7 heteroatoms. The van der Waals surface area contributed by atoms with Crippen molar-refractivity contribution in [1.82, 2.24) is 4.90 Å². The summed E-state index contributed by atoms with van der Waals surface area (Å²) in [6.07, 6.45) is 33.1. The molecule has 0 aromatic rings. The average Bonchev–Trinajstić information content (AvgIpc) is 3.05. The van der Waals surface area contributed by atoms with Crippen molar-refractivity contribution in [2.45, 2.75) is 168 Å². The topological polar surface area (TPSA) is 74.3 Å². The molecule has 0 bridgehead atoms. The van der Waals surface area contributed by atoms with Gasteiger partial charge in [-0.15, -0.1) is 0 Å². The highest BCUT2D eigenvalue weighted by atomic mass is 16.5. The van der Waals surface area contributed by atoms with Gasteiger partial charge < -0.3 is 23.8 Å². The molecule has 0 fully saturated rings. The summed E-state index contributed by atoms with van der Waals surface area (Å²) in [5.41, 5.74) is 0. The van der Waals surface area contributed by atoms with Crippen LogP contribution in [0.4, 0.5) is 0 Å². The minimum atomic E-state index is -0.0934. The Balaban J connectivity index is 3.65. The van der Waals surface area contributed by atoms with Gasteiger partial charge in [0.15, 0.2) is 0 Å². The lowest BCUT2D eigenvalue weighted by Gasteiger charge is -2.21. The molecule has 0 N–H and O–H groups in total. The highest BCUT2D eigenvalue weighted by Crippen LogP contribution is 2.10. The first-order chi connectivity index (χ1) is 23.0. The van der Waals surface area contributed by atoms with Crippen molar-refractivity contribution in [3.05, 3.63) is 24.3 Å². The molecule has 0 heterocycles. The number of esters is 2. The summed E-state index contributed by atoms with van der Waals surface area (Å²) in [7, 11) is 4.16.